The third-order valence-corrected chi connectivity index (χ3v) is 7.40. The van der Waals surface area contributed by atoms with Crippen LogP contribution in [0.3, 0.4) is 0 Å². The summed E-state index contributed by atoms with van der Waals surface area (Å²) in [5.41, 5.74) is 2.28. The van der Waals surface area contributed by atoms with Gasteiger partial charge in [0.15, 0.2) is 0 Å². The Hall–Kier alpha value is -4.62. The molecule has 0 N–H and O–H groups in total. The van der Waals surface area contributed by atoms with Crippen LogP contribution in [0.5, 0.6) is 11.5 Å². The van der Waals surface area contributed by atoms with Crippen molar-refractivity contribution >= 4 is 17.9 Å². The first kappa shape index (κ1) is 39.8. The van der Waals surface area contributed by atoms with Crippen LogP contribution in [0.15, 0.2) is 72.8 Å². The Bertz CT molecular complexity index is 1530. The Balaban J connectivity index is 1.41. The predicted molar refractivity (Wildman–Crippen MR) is 169 cm³/mol. The lowest BCUT2D eigenvalue weighted by Gasteiger charge is -2.26. The largest absolute Gasteiger partial charge is 0.494 e. The zero-order valence-corrected chi connectivity index (χ0v) is 27.4. The van der Waals surface area contributed by atoms with Gasteiger partial charge < -0.3 is 18.9 Å². The molecule has 0 saturated heterocycles. The standard InChI is InChI=1S/C36H37F7O7/c1-3-8-29(9-4-2)49-32(45)27-16-20-30(21-17-27)50-31(44)26-12-10-24(11-13-26)25-14-18-28(19-15-25)47-22-6-5-7-23-48-33(46)34(37,38)35(39,40)36(41,42)43/h10-21,29H,3-9,22-23H2,1-2H3. The highest BCUT2D eigenvalue weighted by molar-refractivity contribution is 5.92. The lowest BCUT2D eigenvalue weighted by molar-refractivity contribution is -0.348. The first-order chi connectivity index (χ1) is 23.6. The minimum Gasteiger partial charge on any atom is -0.494 e. The maximum absolute atomic E-state index is 13.3. The Morgan fingerprint density at radius 2 is 1.10 bits per heavy atom. The number of unbranched alkanes of at least 4 members (excludes halogenated alkanes) is 2. The van der Waals surface area contributed by atoms with E-state index >= 15 is 0 Å². The number of hydrogen-bond acceptors (Lipinski definition) is 7. The molecule has 0 aliphatic rings. The van der Waals surface area contributed by atoms with Gasteiger partial charge in [-0.05, 0) is 91.8 Å². The van der Waals surface area contributed by atoms with Crippen molar-refractivity contribution in [3.8, 4) is 22.6 Å². The van der Waals surface area contributed by atoms with Gasteiger partial charge in [0.25, 0.3) is 0 Å². The molecule has 0 aliphatic carbocycles. The summed E-state index contributed by atoms with van der Waals surface area (Å²) >= 11 is 0. The van der Waals surface area contributed by atoms with E-state index in [0.717, 1.165) is 36.8 Å². The third kappa shape index (κ3) is 10.7. The van der Waals surface area contributed by atoms with E-state index in [4.69, 9.17) is 14.2 Å². The van der Waals surface area contributed by atoms with E-state index in [9.17, 15) is 45.1 Å². The molecular weight excluding hydrogens is 677 g/mol. The summed E-state index contributed by atoms with van der Waals surface area (Å²) in [4.78, 5) is 36.3. The fourth-order valence-electron chi connectivity index (χ4n) is 4.63. The van der Waals surface area contributed by atoms with Crippen molar-refractivity contribution in [2.24, 2.45) is 0 Å². The van der Waals surface area contributed by atoms with Crippen molar-refractivity contribution in [2.75, 3.05) is 13.2 Å². The van der Waals surface area contributed by atoms with Crippen LogP contribution in [0.1, 0.15) is 79.5 Å². The number of carbonyl (C=O) groups excluding carboxylic acids is 3. The van der Waals surface area contributed by atoms with Gasteiger partial charge in [-0.1, -0.05) is 51.0 Å². The van der Waals surface area contributed by atoms with Crippen molar-refractivity contribution in [2.45, 2.75) is 82.9 Å². The minimum absolute atomic E-state index is 0.0628. The molecule has 0 unspecified atom stereocenters. The summed E-state index contributed by atoms with van der Waals surface area (Å²) in [5.74, 6) is -15.8. The molecule has 0 spiro atoms. The zero-order valence-electron chi connectivity index (χ0n) is 27.4. The fourth-order valence-corrected chi connectivity index (χ4v) is 4.63. The number of esters is 3. The van der Waals surface area contributed by atoms with E-state index < -0.39 is 42.5 Å². The minimum atomic E-state index is -6.62. The maximum Gasteiger partial charge on any atom is 0.460 e. The SMILES string of the molecule is CCCC(CCC)OC(=O)c1ccc(OC(=O)c2ccc(-c3ccc(OCCCCCOC(=O)C(F)(F)C(F)(F)C(F)(F)F)cc3)cc2)cc1. The van der Waals surface area contributed by atoms with Crippen LogP contribution in [0.25, 0.3) is 11.1 Å². The number of carbonyl (C=O) groups is 3. The molecule has 3 aromatic carbocycles. The second-order valence-corrected chi connectivity index (χ2v) is 11.3. The lowest BCUT2D eigenvalue weighted by atomic mass is 10.0. The summed E-state index contributed by atoms with van der Waals surface area (Å²) in [7, 11) is 0. The van der Waals surface area contributed by atoms with Crippen molar-refractivity contribution < 1.29 is 64.1 Å². The first-order valence-corrected chi connectivity index (χ1v) is 16.0. The molecule has 0 heterocycles. The summed E-state index contributed by atoms with van der Waals surface area (Å²) in [5, 5.41) is 0. The van der Waals surface area contributed by atoms with Crippen LogP contribution >= 0.6 is 0 Å². The molecule has 3 rings (SSSR count). The van der Waals surface area contributed by atoms with Gasteiger partial charge in [-0.25, -0.2) is 14.4 Å². The molecule has 0 bridgehead atoms. The zero-order chi connectivity index (χ0) is 37.0. The van der Waals surface area contributed by atoms with Crippen molar-refractivity contribution in [3.63, 3.8) is 0 Å². The van der Waals surface area contributed by atoms with Gasteiger partial charge in [0.05, 0.1) is 24.3 Å². The molecular formula is C36H37F7O7. The Kier molecular flexibility index (Phi) is 14.2. The summed E-state index contributed by atoms with van der Waals surface area (Å²) < 4.78 is 109. The number of halogens is 7. The van der Waals surface area contributed by atoms with Crippen LogP contribution < -0.4 is 9.47 Å². The van der Waals surface area contributed by atoms with Gasteiger partial charge >= 0.3 is 35.9 Å². The van der Waals surface area contributed by atoms with E-state index in [0.29, 0.717) is 23.3 Å². The topological polar surface area (TPSA) is 88.1 Å². The van der Waals surface area contributed by atoms with E-state index in [1.807, 2.05) is 13.8 Å². The lowest BCUT2D eigenvalue weighted by Crippen LogP contribution is -2.56. The van der Waals surface area contributed by atoms with Crippen LogP contribution in [-0.2, 0) is 14.3 Å². The molecule has 3 aromatic rings. The molecule has 0 aromatic heterocycles. The average molecular weight is 715 g/mol. The highest BCUT2D eigenvalue weighted by Gasteiger charge is 2.77. The van der Waals surface area contributed by atoms with Gasteiger partial charge in [0.2, 0.25) is 0 Å². The van der Waals surface area contributed by atoms with Crippen molar-refractivity contribution in [3.05, 3.63) is 83.9 Å². The molecule has 272 valence electrons. The Morgan fingerprint density at radius 1 is 0.620 bits per heavy atom. The van der Waals surface area contributed by atoms with E-state index in [1.54, 1.807) is 60.7 Å². The molecule has 0 aliphatic heterocycles. The molecule has 0 saturated carbocycles. The predicted octanol–water partition coefficient (Wildman–Crippen LogP) is 9.62. The molecule has 50 heavy (non-hydrogen) atoms. The fraction of sp³-hybridized carbons (Fsp3) is 0.417. The quantitative estimate of drug-likeness (QED) is 0.0561. The summed E-state index contributed by atoms with van der Waals surface area (Å²) in [6, 6.07) is 19.8. The molecule has 0 fully saturated rings. The second-order valence-electron chi connectivity index (χ2n) is 11.3. The van der Waals surface area contributed by atoms with Crippen LogP contribution in [-0.4, -0.2) is 55.2 Å². The smallest absolute Gasteiger partial charge is 0.460 e. The monoisotopic (exact) mass is 714 g/mol. The van der Waals surface area contributed by atoms with E-state index in [1.165, 1.54) is 12.1 Å². The van der Waals surface area contributed by atoms with Crippen molar-refractivity contribution in [1.29, 1.82) is 0 Å². The highest BCUT2D eigenvalue weighted by atomic mass is 19.4. The van der Waals surface area contributed by atoms with Crippen LogP contribution in [0.4, 0.5) is 30.7 Å². The van der Waals surface area contributed by atoms with Gasteiger partial charge in [0.1, 0.15) is 17.6 Å². The van der Waals surface area contributed by atoms with Gasteiger partial charge in [-0.2, -0.15) is 30.7 Å². The molecule has 7 nitrogen and oxygen atoms in total. The summed E-state index contributed by atoms with van der Waals surface area (Å²) in [6.45, 7) is 3.46. The molecule has 0 radical (unpaired) electrons. The van der Waals surface area contributed by atoms with Gasteiger partial charge in [-0.15, -0.1) is 0 Å². The maximum atomic E-state index is 13.3. The van der Waals surface area contributed by atoms with Crippen LogP contribution in [0, 0.1) is 0 Å². The number of alkyl halides is 7. The number of ether oxygens (including phenoxy) is 4. The molecule has 14 heteroatoms. The normalized spacial score (nSPS) is 12.0. The second kappa shape index (κ2) is 17.9. The van der Waals surface area contributed by atoms with Gasteiger partial charge in [0, 0.05) is 0 Å². The average Bonchev–Trinajstić information content (AvgIpc) is 3.08. The number of benzene rings is 3. The first-order valence-electron chi connectivity index (χ1n) is 16.0. The Labute approximate surface area is 284 Å². The molecule has 0 amide bonds. The Morgan fingerprint density at radius 3 is 1.64 bits per heavy atom. The third-order valence-electron chi connectivity index (χ3n) is 7.40. The van der Waals surface area contributed by atoms with Crippen molar-refractivity contribution in [1.82, 2.24) is 0 Å². The number of rotatable bonds is 18. The highest BCUT2D eigenvalue weighted by Crippen LogP contribution is 2.47. The van der Waals surface area contributed by atoms with E-state index in [2.05, 4.69) is 4.74 Å². The number of hydrogen-bond donors (Lipinski definition) is 0. The van der Waals surface area contributed by atoms with E-state index in [-0.39, 0.29) is 31.3 Å². The molecule has 0 atom stereocenters. The van der Waals surface area contributed by atoms with Gasteiger partial charge in [-0.3, -0.25) is 0 Å². The van der Waals surface area contributed by atoms with Crippen LogP contribution in [0.2, 0.25) is 0 Å². The summed E-state index contributed by atoms with van der Waals surface area (Å²) in [6.07, 6.45) is -2.82.